The molecule has 1 aromatic heterocycles. The van der Waals surface area contributed by atoms with Gasteiger partial charge in [-0.2, -0.15) is 0 Å². The van der Waals surface area contributed by atoms with Gasteiger partial charge in [0.15, 0.2) is 11.6 Å². The van der Waals surface area contributed by atoms with Crippen molar-refractivity contribution < 1.29 is 9.13 Å². The summed E-state index contributed by atoms with van der Waals surface area (Å²) in [6.45, 7) is 2.22. The summed E-state index contributed by atoms with van der Waals surface area (Å²) in [6, 6.07) is 6.14. The third-order valence-electron chi connectivity index (χ3n) is 2.14. The summed E-state index contributed by atoms with van der Waals surface area (Å²) in [5, 5.41) is 3.24. The molecule has 94 valence electrons. The molecule has 0 amide bonds. The smallest absolute Gasteiger partial charge is 0.167 e. The van der Waals surface area contributed by atoms with Crippen LogP contribution in [0, 0.1) is 5.82 Å². The van der Waals surface area contributed by atoms with Crippen molar-refractivity contribution in [1.29, 1.82) is 0 Å². The first-order chi connectivity index (χ1) is 8.69. The molecular formula is C12H11ClFN3O. The van der Waals surface area contributed by atoms with Gasteiger partial charge in [0.1, 0.15) is 17.3 Å². The lowest BCUT2D eigenvalue weighted by Crippen LogP contribution is -1.97. The molecule has 0 radical (unpaired) electrons. The summed E-state index contributed by atoms with van der Waals surface area (Å²) in [4.78, 5) is 7.72. The lowest BCUT2D eigenvalue weighted by molar-refractivity contribution is 0.321. The van der Waals surface area contributed by atoms with E-state index in [0.717, 1.165) is 0 Å². The van der Waals surface area contributed by atoms with Crippen molar-refractivity contribution in [3.63, 3.8) is 0 Å². The molecule has 6 heteroatoms. The number of nitrogens with zero attached hydrogens (tertiary/aromatic N) is 2. The number of hydrogen-bond acceptors (Lipinski definition) is 4. The molecule has 2 rings (SSSR count). The Kier molecular flexibility index (Phi) is 3.94. The molecular weight excluding hydrogens is 257 g/mol. The topological polar surface area (TPSA) is 47.0 Å². The van der Waals surface area contributed by atoms with E-state index in [1.165, 1.54) is 12.4 Å². The number of halogens is 2. The van der Waals surface area contributed by atoms with E-state index in [1.807, 2.05) is 0 Å². The second-order valence-electron chi connectivity index (χ2n) is 3.43. The van der Waals surface area contributed by atoms with Crippen LogP contribution in [0.4, 0.5) is 15.9 Å². The number of hydrogen-bond donors (Lipinski definition) is 1. The van der Waals surface area contributed by atoms with E-state index in [0.29, 0.717) is 23.3 Å². The molecule has 0 bridgehead atoms. The lowest BCUT2D eigenvalue weighted by Gasteiger charge is -2.08. The molecule has 0 atom stereocenters. The average molecular weight is 268 g/mol. The van der Waals surface area contributed by atoms with Gasteiger partial charge in [0.2, 0.25) is 0 Å². The van der Waals surface area contributed by atoms with E-state index in [2.05, 4.69) is 15.3 Å². The van der Waals surface area contributed by atoms with E-state index in [4.69, 9.17) is 16.3 Å². The summed E-state index contributed by atoms with van der Waals surface area (Å²) in [6.07, 6.45) is 1.33. The molecule has 0 unspecified atom stereocenters. The molecule has 0 aliphatic carbocycles. The van der Waals surface area contributed by atoms with E-state index in [9.17, 15) is 4.39 Å². The van der Waals surface area contributed by atoms with Gasteiger partial charge in [-0.1, -0.05) is 11.6 Å². The number of rotatable bonds is 4. The van der Waals surface area contributed by atoms with Gasteiger partial charge in [0.05, 0.1) is 6.61 Å². The second-order valence-corrected chi connectivity index (χ2v) is 3.82. The molecule has 18 heavy (non-hydrogen) atoms. The van der Waals surface area contributed by atoms with Gasteiger partial charge in [0.25, 0.3) is 0 Å². The van der Waals surface area contributed by atoms with Crippen molar-refractivity contribution in [2.24, 2.45) is 0 Å². The maximum atomic E-state index is 13.6. The molecule has 0 saturated carbocycles. The van der Waals surface area contributed by atoms with Crippen LogP contribution < -0.4 is 10.1 Å². The average Bonchev–Trinajstić information content (AvgIpc) is 2.33. The van der Waals surface area contributed by atoms with Crippen LogP contribution >= 0.6 is 11.6 Å². The van der Waals surface area contributed by atoms with Gasteiger partial charge in [-0.25, -0.2) is 14.4 Å². The first-order valence-corrected chi connectivity index (χ1v) is 5.73. The van der Waals surface area contributed by atoms with Crippen LogP contribution in [-0.4, -0.2) is 16.6 Å². The van der Waals surface area contributed by atoms with Crippen molar-refractivity contribution in [2.45, 2.75) is 6.92 Å². The second kappa shape index (κ2) is 5.64. The highest BCUT2D eigenvalue weighted by Gasteiger charge is 2.05. The van der Waals surface area contributed by atoms with Gasteiger partial charge in [0, 0.05) is 17.8 Å². The fourth-order valence-electron chi connectivity index (χ4n) is 1.40. The summed E-state index contributed by atoms with van der Waals surface area (Å²) < 4.78 is 18.7. The first kappa shape index (κ1) is 12.6. The Balaban J connectivity index is 2.17. The predicted octanol–water partition coefficient (Wildman–Crippen LogP) is 3.41. The zero-order chi connectivity index (χ0) is 13.0. The minimum atomic E-state index is -0.429. The number of benzene rings is 1. The Morgan fingerprint density at radius 1 is 1.33 bits per heavy atom. The Morgan fingerprint density at radius 3 is 2.83 bits per heavy atom. The van der Waals surface area contributed by atoms with E-state index in [1.54, 1.807) is 25.1 Å². The van der Waals surface area contributed by atoms with Gasteiger partial charge < -0.3 is 10.1 Å². The Bertz CT molecular complexity index is 551. The van der Waals surface area contributed by atoms with Crippen molar-refractivity contribution in [3.05, 3.63) is 41.6 Å². The fourth-order valence-corrected chi connectivity index (χ4v) is 1.55. The molecule has 0 aliphatic heterocycles. The van der Waals surface area contributed by atoms with E-state index >= 15 is 0 Å². The van der Waals surface area contributed by atoms with Gasteiger partial charge in [-0.3, -0.25) is 0 Å². The quantitative estimate of drug-likeness (QED) is 0.863. The molecule has 0 fully saturated rings. The van der Waals surface area contributed by atoms with Gasteiger partial charge in [-0.15, -0.1) is 0 Å². The number of ether oxygens (including phenoxy) is 1. The molecule has 2 aromatic rings. The van der Waals surface area contributed by atoms with Crippen molar-refractivity contribution in [2.75, 3.05) is 11.9 Å². The molecule has 1 heterocycles. The minimum Gasteiger partial charge on any atom is -0.491 e. The van der Waals surface area contributed by atoms with E-state index in [-0.39, 0.29) is 5.75 Å². The highest BCUT2D eigenvalue weighted by atomic mass is 35.5. The molecule has 0 saturated heterocycles. The summed E-state index contributed by atoms with van der Waals surface area (Å²) in [5.41, 5.74) is 0.561. The van der Waals surface area contributed by atoms with Crippen molar-refractivity contribution in [1.82, 2.24) is 9.97 Å². The van der Waals surface area contributed by atoms with Crippen molar-refractivity contribution >= 4 is 23.1 Å². The highest BCUT2D eigenvalue weighted by Crippen LogP contribution is 2.23. The molecule has 1 N–H and O–H groups in total. The lowest BCUT2D eigenvalue weighted by atomic mass is 10.3. The molecule has 4 nitrogen and oxygen atoms in total. The zero-order valence-electron chi connectivity index (χ0n) is 9.65. The van der Waals surface area contributed by atoms with Gasteiger partial charge >= 0.3 is 0 Å². The van der Waals surface area contributed by atoms with Crippen LogP contribution in [0.15, 0.2) is 30.6 Å². The van der Waals surface area contributed by atoms with E-state index < -0.39 is 5.82 Å². The maximum Gasteiger partial charge on any atom is 0.167 e. The third-order valence-corrected chi connectivity index (χ3v) is 2.34. The summed E-state index contributed by atoms with van der Waals surface area (Å²) in [5.74, 6) is 0.296. The largest absolute Gasteiger partial charge is 0.491 e. The van der Waals surface area contributed by atoms with Gasteiger partial charge in [-0.05, 0) is 19.1 Å². The predicted molar refractivity (Wildman–Crippen MR) is 67.9 cm³/mol. The van der Waals surface area contributed by atoms with Crippen LogP contribution in [0.1, 0.15) is 6.92 Å². The Labute approximate surface area is 109 Å². The van der Waals surface area contributed by atoms with Crippen LogP contribution in [0.5, 0.6) is 5.75 Å². The fraction of sp³-hybridized carbons (Fsp3) is 0.167. The summed E-state index contributed by atoms with van der Waals surface area (Å²) in [7, 11) is 0. The highest BCUT2D eigenvalue weighted by molar-refractivity contribution is 6.29. The van der Waals surface area contributed by atoms with Crippen LogP contribution in [0.25, 0.3) is 0 Å². The maximum absolute atomic E-state index is 13.6. The van der Waals surface area contributed by atoms with Crippen molar-refractivity contribution in [3.8, 4) is 5.75 Å². The number of aromatic nitrogens is 2. The first-order valence-electron chi connectivity index (χ1n) is 5.36. The number of anilines is 2. The standard InChI is InChI=1S/C12H11ClFN3O/c1-2-18-10-4-3-8(5-9(10)14)17-12-6-11(13)15-7-16-12/h3-7H,2H2,1H3,(H,15,16,17). The molecule has 1 aromatic carbocycles. The third kappa shape index (κ3) is 3.07. The molecule has 0 aliphatic rings. The van der Waals surface area contributed by atoms with Crippen LogP contribution in [0.3, 0.4) is 0 Å². The SMILES string of the molecule is CCOc1ccc(Nc2cc(Cl)ncn2)cc1F. The molecule has 0 spiro atoms. The zero-order valence-corrected chi connectivity index (χ0v) is 10.4. The van der Waals surface area contributed by atoms with Crippen LogP contribution in [-0.2, 0) is 0 Å². The van der Waals surface area contributed by atoms with Crippen LogP contribution in [0.2, 0.25) is 5.15 Å². The Morgan fingerprint density at radius 2 is 2.17 bits per heavy atom. The Hall–Kier alpha value is -1.88. The number of nitrogens with one attached hydrogen (secondary N) is 1. The monoisotopic (exact) mass is 267 g/mol. The normalized spacial score (nSPS) is 10.2. The minimum absolute atomic E-state index is 0.226. The summed E-state index contributed by atoms with van der Waals surface area (Å²) >= 11 is 5.72.